The van der Waals surface area contributed by atoms with Crippen LogP contribution >= 0.6 is 0 Å². The van der Waals surface area contributed by atoms with Gasteiger partial charge < -0.3 is 0 Å². The third kappa shape index (κ3) is 5.80. The average molecular weight is 192 g/mol. The molecule has 0 atom stereocenters. The Morgan fingerprint density at radius 3 is 2.00 bits per heavy atom. The fraction of sp³-hybridized carbons (Fsp3) is 0.571. The Kier molecular flexibility index (Phi) is 5.52. The van der Waals surface area contributed by atoms with E-state index < -0.39 is 0 Å². The van der Waals surface area contributed by atoms with Gasteiger partial charge in [0.1, 0.15) is 0 Å². The number of allylic oxidation sites excluding steroid dienone is 5. The van der Waals surface area contributed by atoms with Crippen LogP contribution in [0.1, 0.15) is 47.5 Å². The second-order valence-electron chi connectivity index (χ2n) is 4.90. The molecule has 0 heterocycles. The van der Waals surface area contributed by atoms with Crippen LogP contribution in [0.3, 0.4) is 0 Å². The highest BCUT2D eigenvalue weighted by atomic mass is 14.2. The summed E-state index contributed by atoms with van der Waals surface area (Å²) in [6.45, 7) is 14.8. The van der Waals surface area contributed by atoms with E-state index in [2.05, 4.69) is 59.4 Å². The molecule has 0 heteroatoms. The summed E-state index contributed by atoms with van der Waals surface area (Å²) in [5, 5.41) is 0. The number of rotatable bonds is 4. The highest BCUT2D eigenvalue weighted by molar-refractivity contribution is 5.14. The van der Waals surface area contributed by atoms with Crippen LogP contribution in [-0.4, -0.2) is 0 Å². The lowest BCUT2D eigenvalue weighted by Gasteiger charge is -2.21. The maximum atomic E-state index is 3.87. The fourth-order valence-electron chi connectivity index (χ4n) is 1.35. The Labute approximate surface area is 89.4 Å². The molecule has 0 saturated heterocycles. The molecule has 0 nitrogen and oxygen atoms in total. The van der Waals surface area contributed by atoms with Crippen molar-refractivity contribution in [1.29, 1.82) is 0 Å². The molecule has 0 aliphatic carbocycles. The minimum Gasteiger partial charge on any atom is -0.0998 e. The SMILES string of the molecule is C=C(C)CC=CCC(=CC)C(C)(C)C. The molecular weight excluding hydrogens is 168 g/mol. The van der Waals surface area contributed by atoms with Crippen LogP contribution in [0.5, 0.6) is 0 Å². The molecule has 0 aromatic carbocycles. The second-order valence-corrected chi connectivity index (χ2v) is 4.90. The summed E-state index contributed by atoms with van der Waals surface area (Å²) in [7, 11) is 0. The maximum Gasteiger partial charge on any atom is -0.0134 e. The van der Waals surface area contributed by atoms with Gasteiger partial charge in [0.05, 0.1) is 0 Å². The first-order chi connectivity index (χ1) is 6.38. The highest BCUT2D eigenvalue weighted by Crippen LogP contribution is 2.27. The first-order valence-corrected chi connectivity index (χ1v) is 5.33. The Balaban J connectivity index is 4.11. The van der Waals surface area contributed by atoms with E-state index in [0.29, 0.717) is 5.41 Å². The zero-order valence-corrected chi connectivity index (χ0v) is 10.4. The smallest absolute Gasteiger partial charge is 0.0134 e. The van der Waals surface area contributed by atoms with Crippen LogP contribution in [0.25, 0.3) is 0 Å². The number of hydrogen-bond acceptors (Lipinski definition) is 0. The van der Waals surface area contributed by atoms with E-state index in [0.717, 1.165) is 12.8 Å². The molecule has 0 radical (unpaired) electrons. The quantitative estimate of drug-likeness (QED) is 0.556. The van der Waals surface area contributed by atoms with Crippen LogP contribution in [0, 0.1) is 5.41 Å². The molecule has 80 valence electrons. The summed E-state index contributed by atoms with van der Waals surface area (Å²) in [6.07, 6.45) is 8.74. The van der Waals surface area contributed by atoms with Gasteiger partial charge in [0, 0.05) is 0 Å². The zero-order chi connectivity index (χ0) is 11.2. The first-order valence-electron chi connectivity index (χ1n) is 5.33. The van der Waals surface area contributed by atoms with Crippen molar-refractivity contribution in [3.8, 4) is 0 Å². The van der Waals surface area contributed by atoms with Crippen molar-refractivity contribution in [1.82, 2.24) is 0 Å². The predicted molar refractivity (Wildman–Crippen MR) is 66.4 cm³/mol. The van der Waals surface area contributed by atoms with Crippen molar-refractivity contribution in [3.05, 3.63) is 36.0 Å². The molecule has 0 amide bonds. The highest BCUT2D eigenvalue weighted by Gasteiger charge is 2.13. The summed E-state index contributed by atoms with van der Waals surface area (Å²) in [4.78, 5) is 0. The number of hydrogen-bond donors (Lipinski definition) is 0. The molecule has 0 aliphatic heterocycles. The Hall–Kier alpha value is -0.780. The van der Waals surface area contributed by atoms with Gasteiger partial charge in [-0.2, -0.15) is 0 Å². The van der Waals surface area contributed by atoms with E-state index in [1.165, 1.54) is 11.1 Å². The van der Waals surface area contributed by atoms with Gasteiger partial charge >= 0.3 is 0 Å². The molecule has 0 rings (SSSR count). The molecular formula is C14H24. The van der Waals surface area contributed by atoms with Crippen LogP contribution in [0.15, 0.2) is 36.0 Å². The molecule has 0 N–H and O–H groups in total. The molecule has 0 fully saturated rings. The lowest BCUT2D eigenvalue weighted by molar-refractivity contribution is 0.493. The van der Waals surface area contributed by atoms with Crippen LogP contribution in [-0.2, 0) is 0 Å². The van der Waals surface area contributed by atoms with E-state index in [9.17, 15) is 0 Å². The molecule has 0 spiro atoms. The van der Waals surface area contributed by atoms with E-state index in [1.807, 2.05) is 0 Å². The molecule has 0 aliphatic rings. The van der Waals surface area contributed by atoms with Crippen molar-refractivity contribution in [2.24, 2.45) is 5.41 Å². The van der Waals surface area contributed by atoms with Crippen molar-refractivity contribution in [2.45, 2.75) is 47.5 Å². The Bertz CT molecular complexity index is 233. The van der Waals surface area contributed by atoms with Crippen molar-refractivity contribution in [3.63, 3.8) is 0 Å². The summed E-state index contributed by atoms with van der Waals surface area (Å²) >= 11 is 0. The summed E-state index contributed by atoms with van der Waals surface area (Å²) in [5.41, 5.74) is 3.01. The summed E-state index contributed by atoms with van der Waals surface area (Å²) in [6, 6.07) is 0. The first kappa shape index (κ1) is 13.2. The second kappa shape index (κ2) is 5.85. The van der Waals surface area contributed by atoms with E-state index in [-0.39, 0.29) is 0 Å². The fourth-order valence-corrected chi connectivity index (χ4v) is 1.35. The Morgan fingerprint density at radius 1 is 1.14 bits per heavy atom. The van der Waals surface area contributed by atoms with Gasteiger partial charge in [-0.05, 0) is 32.1 Å². The van der Waals surface area contributed by atoms with Crippen LogP contribution < -0.4 is 0 Å². The summed E-state index contributed by atoms with van der Waals surface area (Å²) < 4.78 is 0. The minimum atomic E-state index is 0.294. The average Bonchev–Trinajstić information content (AvgIpc) is 2.01. The predicted octanol–water partition coefficient (Wildman–Crippen LogP) is 4.89. The van der Waals surface area contributed by atoms with Gasteiger partial charge in [-0.1, -0.05) is 56.7 Å². The van der Waals surface area contributed by atoms with E-state index >= 15 is 0 Å². The van der Waals surface area contributed by atoms with Crippen molar-refractivity contribution < 1.29 is 0 Å². The van der Waals surface area contributed by atoms with Gasteiger partial charge in [-0.3, -0.25) is 0 Å². The monoisotopic (exact) mass is 192 g/mol. The molecule has 0 aromatic heterocycles. The molecule has 0 unspecified atom stereocenters. The molecule has 14 heavy (non-hydrogen) atoms. The van der Waals surface area contributed by atoms with Crippen LogP contribution in [0.2, 0.25) is 0 Å². The zero-order valence-electron chi connectivity index (χ0n) is 10.4. The van der Waals surface area contributed by atoms with Gasteiger partial charge in [0.15, 0.2) is 0 Å². The normalized spacial score (nSPS) is 13.6. The van der Waals surface area contributed by atoms with Crippen molar-refractivity contribution in [2.75, 3.05) is 0 Å². The third-order valence-corrected chi connectivity index (χ3v) is 2.28. The van der Waals surface area contributed by atoms with Gasteiger partial charge in [-0.25, -0.2) is 0 Å². The van der Waals surface area contributed by atoms with Crippen LogP contribution in [0.4, 0.5) is 0 Å². The topological polar surface area (TPSA) is 0 Å². The Morgan fingerprint density at radius 2 is 1.64 bits per heavy atom. The molecule has 0 aromatic rings. The lowest BCUT2D eigenvalue weighted by atomic mass is 9.84. The molecule has 0 saturated carbocycles. The summed E-state index contributed by atoms with van der Waals surface area (Å²) in [5.74, 6) is 0. The minimum absolute atomic E-state index is 0.294. The molecule has 0 bridgehead atoms. The van der Waals surface area contributed by atoms with E-state index in [4.69, 9.17) is 0 Å². The van der Waals surface area contributed by atoms with Crippen molar-refractivity contribution >= 4 is 0 Å². The standard InChI is InChI=1S/C14H24/c1-7-13(14(4,5)6)11-9-8-10-12(2)3/h7-9H,2,10-11H2,1,3-6H3. The lowest BCUT2D eigenvalue weighted by Crippen LogP contribution is -2.08. The largest absolute Gasteiger partial charge is 0.0998 e. The van der Waals surface area contributed by atoms with Gasteiger partial charge in [-0.15, -0.1) is 0 Å². The van der Waals surface area contributed by atoms with E-state index in [1.54, 1.807) is 0 Å². The third-order valence-electron chi connectivity index (χ3n) is 2.28. The van der Waals surface area contributed by atoms with Gasteiger partial charge in [0.2, 0.25) is 0 Å². The maximum absolute atomic E-state index is 3.87. The van der Waals surface area contributed by atoms with Gasteiger partial charge in [0.25, 0.3) is 0 Å².